The van der Waals surface area contributed by atoms with Crippen LogP contribution in [0, 0.1) is 5.92 Å². The predicted molar refractivity (Wildman–Crippen MR) is 68.6 cm³/mol. The minimum absolute atomic E-state index is 0.00517. The van der Waals surface area contributed by atoms with Crippen molar-refractivity contribution in [2.45, 2.75) is 53.1 Å². The van der Waals surface area contributed by atoms with Crippen LogP contribution in [0.5, 0.6) is 0 Å². The lowest BCUT2D eigenvalue weighted by Gasteiger charge is -2.26. The van der Waals surface area contributed by atoms with Crippen molar-refractivity contribution in [2.75, 3.05) is 0 Å². The van der Waals surface area contributed by atoms with E-state index in [9.17, 15) is 4.79 Å². The zero-order valence-electron chi connectivity index (χ0n) is 11.6. The largest absolute Gasteiger partial charge is 0.347 e. The van der Waals surface area contributed by atoms with E-state index in [2.05, 4.69) is 24.3 Å². The average molecular weight is 237 g/mol. The standard InChI is InChI=1S/C13H23N3O/c1-9(2)12(17)15-13(5,6)11-7-14-16(8-11)10(3)4/h7-10H,1-6H3,(H,15,17). The lowest BCUT2D eigenvalue weighted by atomic mass is 9.97. The molecule has 0 saturated carbocycles. The molecule has 1 amide bonds. The fraction of sp³-hybridized carbons (Fsp3) is 0.692. The van der Waals surface area contributed by atoms with E-state index in [1.54, 1.807) is 0 Å². The number of hydrogen-bond acceptors (Lipinski definition) is 2. The average Bonchev–Trinajstić information content (AvgIpc) is 2.65. The SMILES string of the molecule is CC(C)C(=O)NC(C)(C)c1cnn(C(C)C)c1. The number of rotatable bonds is 4. The molecule has 0 aliphatic rings. The number of nitrogens with one attached hydrogen (secondary N) is 1. The Labute approximate surface area is 103 Å². The first-order chi connectivity index (χ1) is 7.74. The molecule has 0 atom stereocenters. The molecule has 96 valence electrons. The van der Waals surface area contributed by atoms with Crippen molar-refractivity contribution in [3.8, 4) is 0 Å². The molecule has 0 radical (unpaired) electrons. The Morgan fingerprint density at radius 1 is 1.35 bits per heavy atom. The van der Waals surface area contributed by atoms with Crippen molar-refractivity contribution in [1.29, 1.82) is 0 Å². The van der Waals surface area contributed by atoms with Crippen molar-refractivity contribution >= 4 is 5.91 Å². The molecule has 0 aliphatic carbocycles. The maximum absolute atomic E-state index is 11.7. The van der Waals surface area contributed by atoms with Gasteiger partial charge in [0, 0.05) is 23.7 Å². The van der Waals surface area contributed by atoms with Crippen molar-refractivity contribution in [2.24, 2.45) is 5.92 Å². The summed E-state index contributed by atoms with van der Waals surface area (Å²) in [6, 6.07) is 0.334. The quantitative estimate of drug-likeness (QED) is 0.874. The van der Waals surface area contributed by atoms with Crippen LogP contribution in [0.2, 0.25) is 0 Å². The van der Waals surface area contributed by atoms with Gasteiger partial charge in [0.2, 0.25) is 5.91 Å². The number of hydrogen-bond donors (Lipinski definition) is 1. The molecule has 0 spiro atoms. The minimum Gasteiger partial charge on any atom is -0.347 e. The molecule has 4 heteroatoms. The van der Waals surface area contributed by atoms with Gasteiger partial charge < -0.3 is 5.32 Å². The van der Waals surface area contributed by atoms with Crippen LogP contribution in [0.4, 0.5) is 0 Å². The van der Waals surface area contributed by atoms with Crippen LogP contribution in [0.25, 0.3) is 0 Å². The maximum Gasteiger partial charge on any atom is 0.223 e. The highest BCUT2D eigenvalue weighted by molar-refractivity contribution is 5.78. The van der Waals surface area contributed by atoms with E-state index in [1.807, 2.05) is 44.8 Å². The Balaban J connectivity index is 2.85. The van der Waals surface area contributed by atoms with Gasteiger partial charge >= 0.3 is 0 Å². The normalized spacial score (nSPS) is 12.2. The Bertz CT molecular complexity index is 391. The third-order valence-corrected chi connectivity index (χ3v) is 2.81. The maximum atomic E-state index is 11.7. The van der Waals surface area contributed by atoms with Gasteiger partial charge in [-0.1, -0.05) is 13.8 Å². The summed E-state index contributed by atoms with van der Waals surface area (Å²) in [6.45, 7) is 11.9. The number of nitrogens with zero attached hydrogens (tertiary/aromatic N) is 2. The molecule has 4 nitrogen and oxygen atoms in total. The first kappa shape index (κ1) is 13.7. The summed E-state index contributed by atoms with van der Waals surface area (Å²) in [4.78, 5) is 11.7. The van der Waals surface area contributed by atoms with Crippen LogP contribution in [0.1, 0.15) is 53.1 Å². The van der Waals surface area contributed by atoms with E-state index < -0.39 is 0 Å². The number of carbonyl (C=O) groups is 1. The molecule has 1 aromatic heterocycles. The van der Waals surface area contributed by atoms with Crippen LogP contribution < -0.4 is 5.32 Å². The van der Waals surface area contributed by atoms with Crippen LogP contribution in [0.15, 0.2) is 12.4 Å². The van der Waals surface area contributed by atoms with Crippen molar-refractivity contribution in [1.82, 2.24) is 15.1 Å². The summed E-state index contributed by atoms with van der Waals surface area (Å²) in [5.41, 5.74) is 0.648. The predicted octanol–water partition coefficient (Wildman–Crippen LogP) is 2.47. The van der Waals surface area contributed by atoms with Crippen molar-refractivity contribution < 1.29 is 4.79 Å². The summed E-state index contributed by atoms with van der Waals surface area (Å²) < 4.78 is 1.90. The highest BCUT2D eigenvalue weighted by Gasteiger charge is 2.25. The van der Waals surface area contributed by atoms with Gasteiger partial charge in [0.25, 0.3) is 0 Å². The first-order valence-electron chi connectivity index (χ1n) is 6.10. The monoisotopic (exact) mass is 237 g/mol. The lowest BCUT2D eigenvalue weighted by Crippen LogP contribution is -2.42. The van der Waals surface area contributed by atoms with Gasteiger partial charge in [-0.15, -0.1) is 0 Å². The van der Waals surface area contributed by atoms with E-state index in [1.165, 1.54) is 0 Å². The Morgan fingerprint density at radius 2 is 1.94 bits per heavy atom. The van der Waals surface area contributed by atoms with Gasteiger partial charge in [-0.2, -0.15) is 5.10 Å². The summed E-state index contributed by atoms with van der Waals surface area (Å²) in [5, 5.41) is 7.33. The highest BCUT2D eigenvalue weighted by atomic mass is 16.2. The zero-order chi connectivity index (χ0) is 13.2. The summed E-state index contributed by atoms with van der Waals surface area (Å²) in [7, 11) is 0. The molecule has 1 heterocycles. The van der Waals surface area contributed by atoms with Gasteiger partial charge in [0.05, 0.1) is 11.7 Å². The van der Waals surface area contributed by atoms with E-state index in [0.29, 0.717) is 6.04 Å². The second-order valence-electron chi connectivity index (χ2n) is 5.57. The third-order valence-electron chi connectivity index (χ3n) is 2.81. The molecule has 1 aromatic rings. The smallest absolute Gasteiger partial charge is 0.223 e. The van der Waals surface area contributed by atoms with Gasteiger partial charge in [-0.3, -0.25) is 9.48 Å². The van der Waals surface area contributed by atoms with Gasteiger partial charge in [0.1, 0.15) is 0 Å². The topological polar surface area (TPSA) is 46.9 Å². The molecule has 0 bridgehead atoms. The second kappa shape index (κ2) is 4.90. The van der Waals surface area contributed by atoms with Crippen LogP contribution >= 0.6 is 0 Å². The zero-order valence-corrected chi connectivity index (χ0v) is 11.6. The number of carbonyl (C=O) groups excluding carboxylic acids is 1. The molecule has 0 unspecified atom stereocenters. The number of amides is 1. The van der Waals surface area contributed by atoms with Gasteiger partial charge in [-0.25, -0.2) is 0 Å². The third kappa shape index (κ3) is 3.32. The Morgan fingerprint density at radius 3 is 2.35 bits per heavy atom. The minimum atomic E-state index is -0.380. The van der Waals surface area contributed by atoms with Gasteiger partial charge in [0.15, 0.2) is 0 Å². The molecule has 0 aromatic carbocycles. The summed E-state index contributed by atoms with van der Waals surface area (Å²) in [5.74, 6) is 0.0571. The van der Waals surface area contributed by atoms with E-state index in [0.717, 1.165) is 5.56 Å². The molecule has 1 N–H and O–H groups in total. The summed E-state index contributed by atoms with van der Waals surface area (Å²) >= 11 is 0. The molecular formula is C13H23N3O. The molecule has 0 aliphatic heterocycles. The lowest BCUT2D eigenvalue weighted by molar-refractivity contribution is -0.125. The van der Waals surface area contributed by atoms with E-state index >= 15 is 0 Å². The second-order valence-corrected chi connectivity index (χ2v) is 5.57. The van der Waals surface area contributed by atoms with Crippen LogP contribution in [0.3, 0.4) is 0 Å². The van der Waals surface area contributed by atoms with E-state index in [-0.39, 0.29) is 17.4 Å². The van der Waals surface area contributed by atoms with Crippen molar-refractivity contribution in [3.05, 3.63) is 18.0 Å². The Hall–Kier alpha value is -1.32. The molecule has 0 saturated heterocycles. The van der Waals surface area contributed by atoms with Crippen LogP contribution in [-0.2, 0) is 10.3 Å². The molecule has 0 fully saturated rings. The fourth-order valence-electron chi connectivity index (χ4n) is 1.47. The van der Waals surface area contributed by atoms with Crippen molar-refractivity contribution in [3.63, 3.8) is 0 Å². The molecule has 17 heavy (non-hydrogen) atoms. The number of aromatic nitrogens is 2. The Kier molecular flexibility index (Phi) is 3.96. The van der Waals surface area contributed by atoms with Crippen LogP contribution in [-0.4, -0.2) is 15.7 Å². The van der Waals surface area contributed by atoms with Gasteiger partial charge in [-0.05, 0) is 27.7 Å². The summed E-state index contributed by atoms with van der Waals surface area (Å²) in [6.07, 6.45) is 3.81. The van der Waals surface area contributed by atoms with E-state index in [4.69, 9.17) is 0 Å². The molecular weight excluding hydrogens is 214 g/mol. The molecule has 1 rings (SSSR count). The highest BCUT2D eigenvalue weighted by Crippen LogP contribution is 2.21. The fourth-order valence-corrected chi connectivity index (χ4v) is 1.47. The first-order valence-corrected chi connectivity index (χ1v) is 6.10.